The molecular weight excluding hydrogens is 358 g/mol. The molecule has 0 bridgehead atoms. The van der Waals surface area contributed by atoms with Gasteiger partial charge in [-0.05, 0) is 25.5 Å². The Hall–Kier alpha value is -1.20. The zero-order chi connectivity index (χ0) is 15.5. The van der Waals surface area contributed by atoms with E-state index in [0.29, 0.717) is 0 Å². The van der Waals surface area contributed by atoms with Crippen LogP contribution in [0.5, 0.6) is 0 Å². The van der Waals surface area contributed by atoms with Crippen LogP contribution in [0.25, 0.3) is 16.2 Å². The molecule has 116 valence electrons. The topological polar surface area (TPSA) is 30.2 Å². The maximum absolute atomic E-state index is 4.78. The second kappa shape index (κ2) is 6.92. The maximum atomic E-state index is 4.78. The summed E-state index contributed by atoms with van der Waals surface area (Å²) in [7, 11) is 0. The van der Waals surface area contributed by atoms with Crippen molar-refractivity contribution in [3.8, 4) is 11.3 Å². The van der Waals surface area contributed by atoms with Gasteiger partial charge in [-0.15, -0.1) is 0 Å². The summed E-state index contributed by atoms with van der Waals surface area (Å²) < 4.78 is 3.08. The first-order valence-electron chi connectivity index (χ1n) is 7.80. The summed E-state index contributed by atoms with van der Waals surface area (Å²) in [5, 5.41) is 5.94. The Balaban J connectivity index is 1.82. The lowest BCUT2D eigenvalue weighted by Gasteiger charge is -1.99. The van der Waals surface area contributed by atoms with Crippen molar-refractivity contribution < 1.29 is 0 Å². The van der Waals surface area contributed by atoms with Gasteiger partial charge in [-0.1, -0.05) is 65.6 Å². The summed E-state index contributed by atoms with van der Waals surface area (Å²) in [6, 6.07) is 8.29. The first kappa shape index (κ1) is 15.7. The van der Waals surface area contributed by atoms with Gasteiger partial charge in [-0.3, -0.25) is 0 Å². The van der Waals surface area contributed by atoms with Crippen LogP contribution in [0.1, 0.15) is 43.3 Å². The number of aryl methyl sites for hydroxylation is 2. The summed E-state index contributed by atoms with van der Waals surface area (Å²) in [6.07, 6.45) is 6.18. The summed E-state index contributed by atoms with van der Waals surface area (Å²) in [4.78, 5) is 5.78. The minimum Gasteiger partial charge on any atom is -0.217 e. The Morgan fingerprint density at radius 1 is 1.14 bits per heavy atom. The standard InChI is InChI=1S/C17H20BrN3S/c1-3-4-5-6-7-15-20-21-12(2)16(19-17(21)22-15)13-8-10-14(18)11-9-13/h8-11H,3-7H2,1-2H3. The van der Waals surface area contributed by atoms with E-state index in [1.807, 2.05) is 4.52 Å². The molecule has 3 aromatic rings. The number of benzene rings is 1. The predicted octanol–water partition coefficient (Wildman–Crippen LogP) is 5.65. The highest BCUT2D eigenvalue weighted by molar-refractivity contribution is 9.10. The Morgan fingerprint density at radius 3 is 2.59 bits per heavy atom. The number of halogens is 1. The second-order valence-corrected chi connectivity index (χ2v) is 7.51. The minimum atomic E-state index is 1.00. The highest BCUT2D eigenvalue weighted by Crippen LogP contribution is 2.27. The molecule has 0 fully saturated rings. The van der Waals surface area contributed by atoms with Gasteiger partial charge in [0.2, 0.25) is 4.96 Å². The summed E-state index contributed by atoms with van der Waals surface area (Å²) in [5.41, 5.74) is 3.29. The van der Waals surface area contributed by atoms with Gasteiger partial charge in [0.05, 0.1) is 11.4 Å². The lowest BCUT2D eigenvalue weighted by molar-refractivity contribution is 0.660. The number of fused-ring (bicyclic) bond motifs is 1. The Labute approximate surface area is 143 Å². The van der Waals surface area contributed by atoms with E-state index in [4.69, 9.17) is 10.1 Å². The molecule has 2 aromatic heterocycles. The summed E-state index contributed by atoms with van der Waals surface area (Å²) >= 11 is 5.19. The molecule has 2 heterocycles. The van der Waals surface area contributed by atoms with Crippen LogP contribution in [0.15, 0.2) is 28.7 Å². The van der Waals surface area contributed by atoms with Gasteiger partial charge in [0.1, 0.15) is 5.01 Å². The third-order valence-corrected chi connectivity index (χ3v) is 5.33. The van der Waals surface area contributed by atoms with Crippen molar-refractivity contribution in [1.29, 1.82) is 0 Å². The van der Waals surface area contributed by atoms with E-state index < -0.39 is 0 Å². The number of hydrogen-bond donors (Lipinski definition) is 0. The molecule has 3 nitrogen and oxygen atoms in total. The molecule has 0 aliphatic carbocycles. The zero-order valence-electron chi connectivity index (χ0n) is 13.0. The largest absolute Gasteiger partial charge is 0.217 e. The Kier molecular flexibility index (Phi) is 4.93. The van der Waals surface area contributed by atoms with Crippen molar-refractivity contribution in [1.82, 2.24) is 14.6 Å². The number of nitrogens with zero attached hydrogens (tertiary/aromatic N) is 3. The molecule has 0 atom stereocenters. The molecule has 22 heavy (non-hydrogen) atoms. The second-order valence-electron chi connectivity index (χ2n) is 5.55. The van der Waals surface area contributed by atoms with Crippen molar-refractivity contribution in [3.63, 3.8) is 0 Å². The minimum absolute atomic E-state index is 1.00. The fourth-order valence-corrected chi connectivity index (χ4v) is 3.82. The number of imidazole rings is 1. The molecule has 0 aliphatic heterocycles. The van der Waals surface area contributed by atoms with Gasteiger partial charge in [-0.2, -0.15) is 5.10 Å². The maximum Gasteiger partial charge on any atom is 0.212 e. The van der Waals surface area contributed by atoms with Gasteiger partial charge in [0, 0.05) is 16.5 Å². The molecule has 0 radical (unpaired) electrons. The van der Waals surface area contributed by atoms with Crippen LogP contribution >= 0.6 is 27.3 Å². The highest BCUT2D eigenvalue weighted by atomic mass is 79.9. The fourth-order valence-electron chi connectivity index (χ4n) is 2.57. The molecule has 5 heteroatoms. The van der Waals surface area contributed by atoms with Gasteiger partial charge in [0.25, 0.3) is 0 Å². The zero-order valence-corrected chi connectivity index (χ0v) is 15.4. The molecular formula is C17H20BrN3S. The van der Waals surface area contributed by atoms with Gasteiger partial charge >= 0.3 is 0 Å². The van der Waals surface area contributed by atoms with E-state index >= 15 is 0 Å². The molecule has 0 spiro atoms. The first-order chi connectivity index (χ1) is 10.7. The van der Waals surface area contributed by atoms with Crippen LogP contribution in [-0.2, 0) is 6.42 Å². The molecule has 3 rings (SSSR count). The van der Waals surface area contributed by atoms with Crippen LogP contribution in [0.2, 0.25) is 0 Å². The van der Waals surface area contributed by atoms with Crippen molar-refractivity contribution >= 4 is 32.2 Å². The SMILES string of the molecule is CCCCCCc1nn2c(C)c(-c3ccc(Br)cc3)nc2s1. The van der Waals surface area contributed by atoms with Crippen molar-refractivity contribution in [2.24, 2.45) is 0 Å². The monoisotopic (exact) mass is 377 g/mol. The predicted molar refractivity (Wildman–Crippen MR) is 96.6 cm³/mol. The van der Waals surface area contributed by atoms with Gasteiger partial charge in [-0.25, -0.2) is 9.50 Å². The molecule has 0 N–H and O–H groups in total. The van der Waals surface area contributed by atoms with Crippen LogP contribution < -0.4 is 0 Å². The average Bonchev–Trinajstić information content (AvgIpc) is 3.04. The highest BCUT2D eigenvalue weighted by Gasteiger charge is 2.14. The quantitative estimate of drug-likeness (QED) is 0.519. The summed E-state index contributed by atoms with van der Waals surface area (Å²) in [5.74, 6) is 0. The van der Waals surface area contributed by atoms with E-state index in [1.165, 1.54) is 30.7 Å². The first-order valence-corrected chi connectivity index (χ1v) is 9.41. The van der Waals surface area contributed by atoms with E-state index in [9.17, 15) is 0 Å². The van der Waals surface area contributed by atoms with Gasteiger partial charge < -0.3 is 0 Å². The number of rotatable bonds is 6. The fraction of sp³-hybridized carbons (Fsp3) is 0.412. The Morgan fingerprint density at radius 2 is 1.91 bits per heavy atom. The van der Waals surface area contributed by atoms with E-state index in [1.54, 1.807) is 11.3 Å². The lowest BCUT2D eigenvalue weighted by Crippen LogP contribution is -1.92. The molecule has 0 unspecified atom stereocenters. The third kappa shape index (κ3) is 3.25. The van der Waals surface area contributed by atoms with Crippen LogP contribution in [0, 0.1) is 6.92 Å². The molecule has 0 aliphatic rings. The van der Waals surface area contributed by atoms with E-state index in [2.05, 4.69) is 54.0 Å². The number of unbranched alkanes of at least 4 members (excludes halogenated alkanes) is 3. The van der Waals surface area contributed by atoms with Crippen molar-refractivity contribution in [3.05, 3.63) is 39.4 Å². The molecule has 0 amide bonds. The molecule has 1 aromatic carbocycles. The van der Waals surface area contributed by atoms with E-state index in [-0.39, 0.29) is 0 Å². The molecule has 0 saturated heterocycles. The van der Waals surface area contributed by atoms with Crippen molar-refractivity contribution in [2.45, 2.75) is 46.0 Å². The van der Waals surface area contributed by atoms with Gasteiger partial charge in [0.15, 0.2) is 0 Å². The van der Waals surface area contributed by atoms with Crippen LogP contribution in [-0.4, -0.2) is 14.6 Å². The smallest absolute Gasteiger partial charge is 0.212 e. The molecule has 0 saturated carbocycles. The third-order valence-electron chi connectivity index (χ3n) is 3.83. The van der Waals surface area contributed by atoms with Crippen LogP contribution in [0.4, 0.5) is 0 Å². The average molecular weight is 378 g/mol. The van der Waals surface area contributed by atoms with E-state index in [0.717, 1.165) is 32.8 Å². The normalized spacial score (nSPS) is 11.4. The van der Waals surface area contributed by atoms with Crippen LogP contribution in [0.3, 0.4) is 0 Å². The number of hydrogen-bond acceptors (Lipinski definition) is 3. The number of aromatic nitrogens is 3. The lowest BCUT2D eigenvalue weighted by atomic mass is 10.1. The van der Waals surface area contributed by atoms with Crippen molar-refractivity contribution in [2.75, 3.05) is 0 Å². The Bertz CT molecular complexity index is 758. The summed E-state index contributed by atoms with van der Waals surface area (Å²) in [6.45, 7) is 4.34.